The number of carbonyl (C=O) groups is 2. The molecule has 3 aromatic rings. The van der Waals surface area contributed by atoms with E-state index in [0.717, 1.165) is 58.4 Å². The van der Waals surface area contributed by atoms with Crippen LogP contribution in [0.3, 0.4) is 0 Å². The van der Waals surface area contributed by atoms with Crippen molar-refractivity contribution in [3.8, 4) is 17.2 Å². The fourth-order valence-corrected chi connectivity index (χ4v) is 5.10. The van der Waals surface area contributed by atoms with Crippen LogP contribution in [-0.4, -0.2) is 49.9 Å². The number of amides is 1. The molecule has 2 aromatic carbocycles. The minimum Gasteiger partial charge on any atom is -0.497 e. The first-order valence-electron chi connectivity index (χ1n) is 14.1. The number of Topliss-reactive ketones (excluding diaryl/α,β-unsaturated/α-hetero) is 1. The lowest BCUT2D eigenvalue weighted by Gasteiger charge is -2.16. The van der Waals surface area contributed by atoms with E-state index in [4.69, 9.17) is 14.2 Å². The number of aryl methyl sites for hydroxylation is 1. The number of hydrogen-bond acceptors (Lipinski definition) is 7. The fourth-order valence-electron chi connectivity index (χ4n) is 5.10. The van der Waals surface area contributed by atoms with Gasteiger partial charge in [-0.05, 0) is 60.7 Å². The number of aromatic nitrogens is 1. The van der Waals surface area contributed by atoms with Crippen LogP contribution < -0.4 is 29.8 Å². The van der Waals surface area contributed by atoms with Gasteiger partial charge in [-0.1, -0.05) is 19.8 Å². The standard InChI is InChI=1S/C32H40N4O5/c1-6-21(37)10-8-7-9-11-28(32-33-19-29(36-32)24-14-12-23(40-4)17-30(24)41-5)35-31(38)18-25-20(2)34-27-15-13-22(39-3)16-26(25)27/h12-17,19,28,34,36H,6-11,18H2,1-5H3,(H,35,38)/q+1/t28-/m0/s1. The molecule has 1 aliphatic rings. The molecule has 0 fully saturated rings. The van der Waals surface area contributed by atoms with E-state index in [9.17, 15) is 9.59 Å². The number of nitrogens with zero attached hydrogens (tertiary/aromatic N) is 1. The first kappa shape index (κ1) is 29.7. The number of rotatable bonds is 15. The van der Waals surface area contributed by atoms with E-state index in [1.54, 1.807) is 27.5 Å². The van der Waals surface area contributed by atoms with Gasteiger partial charge < -0.3 is 24.5 Å². The smallest absolute Gasteiger partial charge is 0.319 e. The number of carbonyl (C=O) groups excluding carboxylic acids is 2. The predicted octanol–water partition coefficient (Wildman–Crippen LogP) is 4.80. The zero-order valence-electron chi connectivity index (χ0n) is 24.6. The zero-order chi connectivity index (χ0) is 29.4. The summed E-state index contributed by atoms with van der Waals surface area (Å²) >= 11 is 0. The number of aromatic amines is 1. The Bertz CT molecular complexity index is 1460. The molecule has 1 aliphatic heterocycles. The number of benzene rings is 2. The highest BCUT2D eigenvalue weighted by Gasteiger charge is 2.32. The van der Waals surface area contributed by atoms with Gasteiger partial charge in [0.2, 0.25) is 5.91 Å². The number of nitrogens with one attached hydrogen (secondary N) is 3. The van der Waals surface area contributed by atoms with E-state index in [1.807, 2.05) is 50.2 Å². The molecule has 1 atom stereocenters. The number of fused-ring (bicyclic) bond motifs is 1. The van der Waals surface area contributed by atoms with Gasteiger partial charge in [0, 0.05) is 35.5 Å². The van der Waals surface area contributed by atoms with Crippen LogP contribution in [0.1, 0.15) is 62.3 Å². The molecule has 4 rings (SSSR count). The van der Waals surface area contributed by atoms with Crippen LogP contribution in [-0.2, 0) is 16.0 Å². The van der Waals surface area contributed by atoms with E-state index in [0.29, 0.717) is 36.6 Å². The minimum absolute atomic E-state index is 0.0945. The third-order valence-corrected chi connectivity index (χ3v) is 7.47. The van der Waals surface area contributed by atoms with Crippen LogP contribution in [0.2, 0.25) is 0 Å². The third-order valence-electron chi connectivity index (χ3n) is 7.47. The molecule has 0 saturated heterocycles. The molecule has 2 heterocycles. The summed E-state index contributed by atoms with van der Waals surface area (Å²) in [5.41, 5.74) is 4.49. The van der Waals surface area contributed by atoms with Gasteiger partial charge in [0.1, 0.15) is 29.1 Å². The van der Waals surface area contributed by atoms with Gasteiger partial charge in [-0.3, -0.25) is 9.59 Å². The highest BCUT2D eigenvalue weighted by atomic mass is 16.5. The Morgan fingerprint density at radius 2 is 1.73 bits per heavy atom. The molecule has 0 bridgehead atoms. The van der Waals surface area contributed by atoms with Gasteiger partial charge in [0.05, 0.1) is 33.3 Å². The van der Waals surface area contributed by atoms with Gasteiger partial charge >= 0.3 is 5.84 Å². The van der Waals surface area contributed by atoms with Crippen molar-refractivity contribution in [2.45, 2.75) is 64.8 Å². The van der Waals surface area contributed by atoms with E-state index in [2.05, 4.69) is 20.6 Å². The average Bonchev–Trinajstić information content (AvgIpc) is 3.60. The van der Waals surface area contributed by atoms with Crippen LogP contribution in [0.4, 0.5) is 0 Å². The molecule has 9 heteroatoms. The molecule has 41 heavy (non-hydrogen) atoms. The summed E-state index contributed by atoms with van der Waals surface area (Å²) in [6, 6.07) is 11.1. The number of aliphatic imine (C=N–C) groups is 1. The van der Waals surface area contributed by atoms with Crippen molar-refractivity contribution in [2.75, 3.05) is 21.3 Å². The summed E-state index contributed by atoms with van der Waals surface area (Å²) in [4.78, 5) is 33.2. The SMILES string of the molecule is CCC(=O)CCCCC[C@H](NC(=O)Cc1c(C)[nH]c2ccc(OC)cc12)C1=[N+]C=C(c2ccc(OC)cc2OC)N1. The Kier molecular flexibility index (Phi) is 10.1. The average molecular weight is 561 g/mol. The highest BCUT2D eigenvalue weighted by molar-refractivity contribution is 6.00. The lowest BCUT2D eigenvalue weighted by molar-refractivity contribution is -0.121. The van der Waals surface area contributed by atoms with E-state index in [1.165, 1.54) is 0 Å². The Hall–Kier alpha value is -4.27. The Morgan fingerprint density at radius 3 is 2.46 bits per heavy atom. The van der Waals surface area contributed by atoms with E-state index >= 15 is 0 Å². The summed E-state index contributed by atoms with van der Waals surface area (Å²) in [6.45, 7) is 3.87. The van der Waals surface area contributed by atoms with E-state index in [-0.39, 0.29) is 24.2 Å². The maximum atomic E-state index is 13.4. The Morgan fingerprint density at radius 1 is 0.976 bits per heavy atom. The molecule has 1 radical (unpaired) electrons. The monoisotopic (exact) mass is 560 g/mol. The molecule has 1 aromatic heterocycles. The van der Waals surface area contributed by atoms with Gasteiger partial charge in [-0.15, -0.1) is 0 Å². The normalized spacial score (nSPS) is 13.3. The van der Waals surface area contributed by atoms with Crippen molar-refractivity contribution in [3.63, 3.8) is 0 Å². The molecule has 0 spiro atoms. The quantitative estimate of drug-likeness (QED) is 0.230. The topological polar surface area (TPSA) is 116 Å². The minimum atomic E-state index is -0.317. The second-order valence-electron chi connectivity index (χ2n) is 10.2. The molecule has 9 nitrogen and oxygen atoms in total. The largest absolute Gasteiger partial charge is 0.497 e. The van der Waals surface area contributed by atoms with Crippen LogP contribution in [0.5, 0.6) is 17.2 Å². The molecule has 0 saturated carbocycles. The maximum absolute atomic E-state index is 13.4. The molecular weight excluding hydrogens is 520 g/mol. The number of unbranched alkanes of at least 4 members (excludes halogenated alkanes) is 2. The second kappa shape index (κ2) is 13.9. The summed E-state index contributed by atoms with van der Waals surface area (Å²) < 4.78 is 16.3. The van der Waals surface area contributed by atoms with Crippen LogP contribution in [0.25, 0.3) is 16.6 Å². The van der Waals surface area contributed by atoms with Gasteiger partial charge in [-0.25, -0.2) is 5.32 Å². The molecule has 0 unspecified atom stereocenters. The first-order chi connectivity index (χ1) is 19.9. The van der Waals surface area contributed by atoms with Crippen molar-refractivity contribution in [2.24, 2.45) is 0 Å². The number of methoxy groups -OCH3 is 3. The van der Waals surface area contributed by atoms with Crippen LogP contribution >= 0.6 is 0 Å². The summed E-state index contributed by atoms with van der Waals surface area (Å²) in [5, 5.41) is 7.60. The summed E-state index contributed by atoms with van der Waals surface area (Å²) in [7, 11) is 4.86. The van der Waals surface area contributed by atoms with Crippen molar-refractivity contribution in [1.82, 2.24) is 20.6 Å². The highest BCUT2D eigenvalue weighted by Crippen LogP contribution is 2.30. The van der Waals surface area contributed by atoms with Gasteiger partial charge in [0.15, 0.2) is 11.9 Å². The Labute approximate surface area is 241 Å². The Balaban J connectivity index is 1.48. The van der Waals surface area contributed by atoms with Crippen molar-refractivity contribution >= 4 is 34.1 Å². The van der Waals surface area contributed by atoms with Crippen LogP contribution in [0, 0.1) is 6.92 Å². The zero-order valence-corrected chi connectivity index (χ0v) is 24.6. The van der Waals surface area contributed by atoms with Crippen molar-refractivity contribution in [1.29, 1.82) is 0 Å². The van der Waals surface area contributed by atoms with Crippen LogP contribution in [0.15, 0.2) is 42.6 Å². The molecule has 1 amide bonds. The third kappa shape index (κ3) is 7.28. The number of ether oxygens (including phenoxy) is 3. The van der Waals surface area contributed by atoms with E-state index < -0.39 is 0 Å². The van der Waals surface area contributed by atoms with Gasteiger partial charge in [0.25, 0.3) is 0 Å². The lowest BCUT2D eigenvalue weighted by atomic mass is 10.0. The second-order valence-corrected chi connectivity index (χ2v) is 10.2. The number of H-pyrrole nitrogens is 1. The molecule has 3 N–H and O–H groups in total. The number of ketones is 1. The maximum Gasteiger partial charge on any atom is 0.319 e. The first-order valence-corrected chi connectivity index (χ1v) is 14.1. The summed E-state index contributed by atoms with van der Waals surface area (Å²) in [5.74, 6) is 2.96. The number of amidine groups is 1. The lowest BCUT2D eigenvalue weighted by Crippen LogP contribution is -2.47. The number of hydrogen-bond donors (Lipinski definition) is 3. The van der Waals surface area contributed by atoms with Crippen molar-refractivity contribution in [3.05, 3.63) is 59.4 Å². The van der Waals surface area contributed by atoms with Crippen molar-refractivity contribution < 1.29 is 23.8 Å². The molecular formula is C32H40N4O5+. The van der Waals surface area contributed by atoms with Gasteiger partial charge in [-0.2, -0.15) is 0 Å². The predicted molar refractivity (Wildman–Crippen MR) is 161 cm³/mol. The molecule has 0 aliphatic carbocycles. The fraction of sp³-hybridized carbons (Fsp3) is 0.406. The molecule has 217 valence electrons. The summed E-state index contributed by atoms with van der Waals surface area (Å²) in [6.07, 6.45) is 6.44.